The van der Waals surface area contributed by atoms with Gasteiger partial charge in [-0.1, -0.05) is 32.9 Å². The van der Waals surface area contributed by atoms with Crippen LogP contribution in [0.25, 0.3) is 0 Å². The van der Waals surface area contributed by atoms with Gasteiger partial charge in [0.1, 0.15) is 0 Å². The lowest BCUT2D eigenvalue weighted by Gasteiger charge is -2.41. The lowest BCUT2D eigenvalue weighted by molar-refractivity contribution is -0.274. The van der Waals surface area contributed by atoms with Gasteiger partial charge in [-0.25, -0.2) is 0 Å². The van der Waals surface area contributed by atoms with E-state index in [4.69, 9.17) is 0 Å². The molecule has 1 aliphatic heterocycles. The molecule has 1 aromatic carbocycles. The minimum atomic E-state index is -4.66. The average Bonchev–Trinajstić information content (AvgIpc) is 2.25. The van der Waals surface area contributed by atoms with Crippen LogP contribution >= 0.6 is 0 Å². The normalized spacial score (nSPS) is 21.5. The fourth-order valence-corrected chi connectivity index (χ4v) is 2.74. The summed E-state index contributed by atoms with van der Waals surface area (Å²) in [5.74, 6) is -0.140. The Bertz CT molecular complexity index is 468. The quantitative estimate of drug-likeness (QED) is 0.864. The summed E-state index contributed by atoms with van der Waals surface area (Å²) in [6, 6.07) is 4.94. The zero-order valence-corrected chi connectivity index (χ0v) is 11.3. The molecule has 0 aromatic heterocycles. The molecule has 1 aromatic rings. The van der Waals surface area contributed by atoms with Gasteiger partial charge < -0.3 is 10.1 Å². The van der Waals surface area contributed by atoms with Crippen LogP contribution in [0.3, 0.4) is 0 Å². The van der Waals surface area contributed by atoms with E-state index in [1.165, 1.54) is 6.07 Å². The third kappa shape index (κ3) is 2.96. The second kappa shape index (κ2) is 4.62. The summed E-state index contributed by atoms with van der Waals surface area (Å²) in [6.45, 7) is 6.26. The first-order chi connectivity index (χ1) is 8.73. The van der Waals surface area contributed by atoms with Crippen LogP contribution in [-0.2, 0) is 6.42 Å². The number of rotatable bonds is 2. The molecule has 1 heterocycles. The monoisotopic (exact) mass is 273 g/mol. The Morgan fingerprint density at radius 2 is 2.05 bits per heavy atom. The Hall–Kier alpha value is -1.39. The summed E-state index contributed by atoms with van der Waals surface area (Å²) in [5.41, 5.74) is 1.36. The topological polar surface area (TPSA) is 21.3 Å². The van der Waals surface area contributed by atoms with Crippen molar-refractivity contribution in [3.05, 3.63) is 23.8 Å². The van der Waals surface area contributed by atoms with Gasteiger partial charge in [-0.05, 0) is 29.9 Å². The smallest absolute Gasteiger partial charge is 0.404 e. The number of para-hydroxylation sites is 1. The van der Waals surface area contributed by atoms with E-state index < -0.39 is 6.36 Å². The molecule has 2 nitrogen and oxygen atoms in total. The van der Waals surface area contributed by atoms with Crippen LogP contribution in [0.15, 0.2) is 18.2 Å². The molecule has 0 radical (unpaired) electrons. The van der Waals surface area contributed by atoms with E-state index in [9.17, 15) is 13.2 Å². The van der Waals surface area contributed by atoms with Crippen molar-refractivity contribution in [2.45, 2.75) is 46.0 Å². The maximum absolute atomic E-state index is 12.4. The average molecular weight is 273 g/mol. The highest BCUT2D eigenvalue weighted by molar-refractivity contribution is 5.64. The van der Waals surface area contributed by atoms with Crippen molar-refractivity contribution in [1.82, 2.24) is 0 Å². The molecule has 1 N–H and O–H groups in total. The van der Waals surface area contributed by atoms with Gasteiger partial charge in [0.25, 0.3) is 0 Å². The maximum Gasteiger partial charge on any atom is 0.573 e. The highest BCUT2D eigenvalue weighted by atomic mass is 19.4. The van der Waals surface area contributed by atoms with Gasteiger partial charge in [0, 0.05) is 6.04 Å². The Balaban J connectivity index is 2.38. The molecule has 2 rings (SSSR count). The van der Waals surface area contributed by atoms with E-state index in [-0.39, 0.29) is 17.2 Å². The highest BCUT2D eigenvalue weighted by Gasteiger charge is 2.37. The van der Waals surface area contributed by atoms with Crippen molar-refractivity contribution in [3.63, 3.8) is 0 Å². The molecule has 5 heteroatoms. The predicted octanol–water partition coefficient (Wildman–Crippen LogP) is 4.36. The third-order valence-corrected chi connectivity index (χ3v) is 3.65. The highest BCUT2D eigenvalue weighted by Crippen LogP contribution is 2.43. The second-order valence-corrected chi connectivity index (χ2v) is 5.61. The molecule has 19 heavy (non-hydrogen) atoms. The number of fused-ring (bicyclic) bond motifs is 1. The number of hydrogen-bond donors (Lipinski definition) is 1. The SMILES string of the molecule is CCC1Nc2c(cccc2OC(F)(F)F)CC1(C)C. The molecule has 0 saturated heterocycles. The molecule has 1 atom stereocenters. The Labute approximate surface area is 111 Å². The van der Waals surface area contributed by atoms with Crippen molar-refractivity contribution in [2.75, 3.05) is 5.32 Å². The van der Waals surface area contributed by atoms with E-state index >= 15 is 0 Å². The van der Waals surface area contributed by atoms with Crippen molar-refractivity contribution in [3.8, 4) is 5.75 Å². The molecule has 106 valence electrons. The van der Waals surface area contributed by atoms with E-state index in [1.54, 1.807) is 6.07 Å². The molecule has 0 spiro atoms. The van der Waals surface area contributed by atoms with Crippen molar-refractivity contribution in [2.24, 2.45) is 5.41 Å². The number of nitrogens with one attached hydrogen (secondary N) is 1. The number of benzene rings is 1. The van der Waals surface area contributed by atoms with Crippen molar-refractivity contribution in [1.29, 1.82) is 0 Å². The molecule has 0 bridgehead atoms. The van der Waals surface area contributed by atoms with E-state index in [1.807, 2.05) is 13.0 Å². The van der Waals surface area contributed by atoms with Gasteiger partial charge in [0.15, 0.2) is 5.75 Å². The number of halogens is 3. The molecule has 0 amide bonds. The number of ether oxygens (including phenoxy) is 1. The molecule has 1 unspecified atom stereocenters. The summed E-state index contributed by atoms with van der Waals surface area (Å²) in [6.07, 6.45) is -3.07. The summed E-state index contributed by atoms with van der Waals surface area (Å²) in [7, 11) is 0. The van der Waals surface area contributed by atoms with E-state index in [0.29, 0.717) is 5.69 Å². The number of anilines is 1. The summed E-state index contributed by atoms with van der Waals surface area (Å²) < 4.78 is 41.3. The first-order valence-corrected chi connectivity index (χ1v) is 6.37. The van der Waals surface area contributed by atoms with Gasteiger partial charge in [-0.2, -0.15) is 0 Å². The molecular formula is C14H18F3NO. The summed E-state index contributed by atoms with van der Waals surface area (Å²) >= 11 is 0. The number of hydrogen-bond acceptors (Lipinski definition) is 2. The van der Waals surface area contributed by atoms with Gasteiger partial charge in [-0.15, -0.1) is 13.2 Å². The van der Waals surface area contributed by atoms with Crippen LogP contribution in [0.4, 0.5) is 18.9 Å². The van der Waals surface area contributed by atoms with Gasteiger partial charge in [0.2, 0.25) is 0 Å². The zero-order chi connectivity index (χ0) is 14.3. The van der Waals surface area contributed by atoms with E-state index in [0.717, 1.165) is 18.4 Å². The minimum absolute atomic E-state index is 0.0125. The lowest BCUT2D eigenvalue weighted by Crippen LogP contribution is -2.41. The fourth-order valence-electron chi connectivity index (χ4n) is 2.74. The first kappa shape index (κ1) is 14.0. The third-order valence-electron chi connectivity index (χ3n) is 3.65. The number of alkyl halides is 3. The second-order valence-electron chi connectivity index (χ2n) is 5.61. The van der Waals surface area contributed by atoms with Crippen LogP contribution in [0.5, 0.6) is 5.75 Å². The van der Waals surface area contributed by atoms with Crippen LogP contribution in [-0.4, -0.2) is 12.4 Å². The maximum atomic E-state index is 12.4. The molecule has 0 aliphatic carbocycles. The van der Waals surface area contributed by atoms with Gasteiger partial charge in [-0.3, -0.25) is 0 Å². The molecule has 0 fully saturated rings. The lowest BCUT2D eigenvalue weighted by atomic mass is 9.74. The van der Waals surface area contributed by atoms with Gasteiger partial charge in [0.05, 0.1) is 5.69 Å². The predicted molar refractivity (Wildman–Crippen MR) is 68.3 cm³/mol. The van der Waals surface area contributed by atoms with Crippen LogP contribution in [0, 0.1) is 5.41 Å². The zero-order valence-electron chi connectivity index (χ0n) is 11.3. The fraction of sp³-hybridized carbons (Fsp3) is 0.571. The van der Waals surface area contributed by atoms with Crippen LogP contribution < -0.4 is 10.1 Å². The van der Waals surface area contributed by atoms with Crippen LogP contribution in [0.1, 0.15) is 32.8 Å². The standard InChI is InChI=1S/C14H18F3NO/c1-4-11-13(2,3)8-9-6-5-7-10(12(9)18-11)19-14(15,16)17/h5-7,11,18H,4,8H2,1-3H3. The Morgan fingerprint density at radius 1 is 1.37 bits per heavy atom. The minimum Gasteiger partial charge on any atom is -0.404 e. The Kier molecular flexibility index (Phi) is 3.41. The molecular weight excluding hydrogens is 255 g/mol. The molecule has 0 saturated carbocycles. The van der Waals surface area contributed by atoms with Crippen molar-refractivity contribution >= 4 is 5.69 Å². The van der Waals surface area contributed by atoms with Crippen molar-refractivity contribution < 1.29 is 17.9 Å². The van der Waals surface area contributed by atoms with Gasteiger partial charge >= 0.3 is 6.36 Å². The van der Waals surface area contributed by atoms with E-state index in [2.05, 4.69) is 23.9 Å². The molecule has 1 aliphatic rings. The first-order valence-electron chi connectivity index (χ1n) is 6.37. The largest absolute Gasteiger partial charge is 0.573 e. The summed E-state index contributed by atoms with van der Waals surface area (Å²) in [4.78, 5) is 0. The summed E-state index contributed by atoms with van der Waals surface area (Å²) in [5, 5.41) is 3.20. The van der Waals surface area contributed by atoms with Crippen LogP contribution in [0.2, 0.25) is 0 Å². The Morgan fingerprint density at radius 3 is 2.63 bits per heavy atom.